The summed E-state index contributed by atoms with van der Waals surface area (Å²) in [5, 5.41) is 11.6. The second kappa shape index (κ2) is 9.34. The molecule has 2 saturated heterocycles. The Balaban J connectivity index is 0.00000225. The first-order chi connectivity index (χ1) is 13.2. The average molecular weight is 410 g/mol. The van der Waals surface area contributed by atoms with Crippen LogP contribution < -0.4 is 10.1 Å². The highest BCUT2D eigenvalue weighted by atomic mass is 35.5. The van der Waals surface area contributed by atoms with E-state index in [1.54, 1.807) is 23.2 Å². The van der Waals surface area contributed by atoms with Gasteiger partial charge in [0.15, 0.2) is 5.69 Å². The molecule has 1 amide bonds. The van der Waals surface area contributed by atoms with Gasteiger partial charge in [0.25, 0.3) is 5.91 Å². The van der Waals surface area contributed by atoms with Gasteiger partial charge in [-0.2, -0.15) is 0 Å². The molecule has 0 bridgehead atoms. The number of ether oxygens (including phenoxy) is 1. The molecular formula is C19H25ClFN5O2. The van der Waals surface area contributed by atoms with Crippen LogP contribution in [0.1, 0.15) is 42.2 Å². The first-order valence-electron chi connectivity index (χ1n) is 9.53. The zero-order chi connectivity index (χ0) is 18.6. The van der Waals surface area contributed by atoms with Gasteiger partial charge in [-0.05, 0) is 50.2 Å². The monoisotopic (exact) mass is 409 g/mol. The van der Waals surface area contributed by atoms with Crippen molar-refractivity contribution < 1.29 is 13.9 Å². The van der Waals surface area contributed by atoms with Crippen LogP contribution in [0.4, 0.5) is 4.39 Å². The molecule has 7 nitrogen and oxygen atoms in total. The van der Waals surface area contributed by atoms with Gasteiger partial charge in [-0.1, -0.05) is 5.21 Å². The molecule has 0 spiro atoms. The predicted octanol–water partition coefficient (Wildman–Crippen LogP) is 2.45. The molecule has 0 saturated carbocycles. The molecule has 2 aromatic rings. The van der Waals surface area contributed by atoms with Crippen LogP contribution in [0.2, 0.25) is 0 Å². The van der Waals surface area contributed by atoms with E-state index >= 15 is 0 Å². The summed E-state index contributed by atoms with van der Waals surface area (Å²) in [5.41, 5.74) is 0.409. The largest absolute Gasteiger partial charge is 0.490 e. The molecule has 0 unspecified atom stereocenters. The highest BCUT2D eigenvalue weighted by Gasteiger charge is 2.27. The van der Waals surface area contributed by atoms with Crippen LogP contribution in [0.15, 0.2) is 30.5 Å². The van der Waals surface area contributed by atoms with Gasteiger partial charge in [0.2, 0.25) is 0 Å². The van der Waals surface area contributed by atoms with Crippen molar-refractivity contribution in [3.63, 3.8) is 0 Å². The smallest absolute Gasteiger partial charge is 0.276 e. The number of amides is 1. The van der Waals surface area contributed by atoms with Gasteiger partial charge >= 0.3 is 0 Å². The Kier molecular flexibility index (Phi) is 6.85. The number of aromatic nitrogens is 3. The zero-order valence-electron chi connectivity index (χ0n) is 15.6. The number of carbonyl (C=O) groups is 1. The van der Waals surface area contributed by atoms with Crippen LogP contribution in [0.5, 0.6) is 5.75 Å². The lowest BCUT2D eigenvalue weighted by Crippen LogP contribution is -2.42. The van der Waals surface area contributed by atoms with Crippen molar-refractivity contribution in [3.8, 4) is 5.75 Å². The summed E-state index contributed by atoms with van der Waals surface area (Å²) in [5.74, 6) is 0.307. The number of rotatable bonds is 4. The third-order valence-corrected chi connectivity index (χ3v) is 5.26. The third-order valence-electron chi connectivity index (χ3n) is 5.26. The molecule has 2 aliphatic rings. The molecule has 3 heterocycles. The van der Waals surface area contributed by atoms with Crippen molar-refractivity contribution in [2.24, 2.45) is 0 Å². The van der Waals surface area contributed by atoms with E-state index in [1.165, 1.54) is 12.1 Å². The molecule has 28 heavy (non-hydrogen) atoms. The van der Waals surface area contributed by atoms with Gasteiger partial charge in [-0.3, -0.25) is 4.79 Å². The number of hydrogen-bond donors (Lipinski definition) is 1. The van der Waals surface area contributed by atoms with E-state index in [-0.39, 0.29) is 30.2 Å². The van der Waals surface area contributed by atoms with E-state index in [0.29, 0.717) is 30.6 Å². The Hall–Kier alpha value is -2.19. The Labute approximate surface area is 169 Å². The first-order valence-corrected chi connectivity index (χ1v) is 9.53. The molecule has 152 valence electrons. The quantitative estimate of drug-likeness (QED) is 0.839. The molecule has 2 fully saturated rings. The number of benzene rings is 1. The molecule has 1 N–H and O–H groups in total. The van der Waals surface area contributed by atoms with E-state index in [9.17, 15) is 9.18 Å². The average Bonchev–Trinajstić information content (AvgIpc) is 3.21. The van der Waals surface area contributed by atoms with Gasteiger partial charge in [0.05, 0.1) is 12.2 Å². The van der Waals surface area contributed by atoms with Crippen LogP contribution in [0.25, 0.3) is 0 Å². The molecule has 0 aliphatic carbocycles. The van der Waals surface area contributed by atoms with Crippen LogP contribution in [-0.2, 0) is 0 Å². The van der Waals surface area contributed by atoms with E-state index < -0.39 is 0 Å². The van der Waals surface area contributed by atoms with Gasteiger partial charge in [0, 0.05) is 25.9 Å². The summed E-state index contributed by atoms with van der Waals surface area (Å²) in [6, 6.07) is 6.35. The molecule has 2 aliphatic heterocycles. The third kappa shape index (κ3) is 4.80. The fourth-order valence-corrected chi connectivity index (χ4v) is 3.67. The number of likely N-dealkylation sites (tertiary alicyclic amines) is 1. The SMILES string of the molecule is Cl.O=C(c1cn(C2CCNCC2)nn1)N1CCC(Oc2ccc(F)cc2)CC1. The number of nitrogens with zero attached hydrogens (tertiary/aromatic N) is 4. The van der Waals surface area contributed by atoms with Gasteiger partial charge in [-0.25, -0.2) is 9.07 Å². The Morgan fingerprint density at radius 2 is 1.79 bits per heavy atom. The van der Waals surface area contributed by atoms with E-state index in [2.05, 4.69) is 15.6 Å². The number of piperidine rings is 2. The number of nitrogens with one attached hydrogen (secondary N) is 1. The predicted molar refractivity (Wildman–Crippen MR) is 104 cm³/mol. The lowest BCUT2D eigenvalue weighted by atomic mass is 10.1. The number of hydrogen-bond acceptors (Lipinski definition) is 5. The summed E-state index contributed by atoms with van der Waals surface area (Å²) >= 11 is 0. The first kappa shape index (κ1) is 20.5. The van der Waals surface area contributed by atoms with Crippen LogP contribution in [0, 0.1) is 5.82 Å². The Bertz CT molecular complexity index is 771. The van der Waals surface area contributed by atoms with Crippen molar-refractivity contribution >= 4 is 18.3 Å². The maximum Gasteiger partial charge on any atom is 0.276 e. The number of halogens is 2. The van der Waals surface area contributed by atoms with Crippen LogP contribution in [0.3, 0.4) is 0 Å². The molecule has 1 aromatic carbocycles. The van der Waals surface area contributed by atoms with Crippen molar-refractivity contribution in [2.45, 2.75) is 37.8 Å². The topological polar surface area (TPSA) is 72.3 Å². The van der Waals surface area contributed by atoms with Crippen LogP contribution in [-0.4, -0.2) is 58.1 Å². The minimum Gasteiger partial charge on any atom is -0.490 e. The molecule has 4 rings (SSSR count). The fraction of sp³-hybridized carbons (Fsp3) is 0.526. The summed E-state index contributed by atoms with van der Waals surface area (Å²) < 4.78 is 20.7. The standard InChI is InChI=1S/C19H24FN5O2.ClH/c20-14-1-3-16(4-2-14)27-17-7-11-24(12-8-17)19(26)18-13-25(23-22-18)15-5-9-21-10-6-15;/h1-4,13,15,17,21H,5-12H2;1H. The fourth-order valence-electron chi connectivity index (χ4n) is 3.67. The highest BCUT2D eigenvalue weighted by molar-refractivity contribution is 5.92. The van der Waals surface area contributed by atoms with E-state index in [1.807, 2.05) is 4.68 Å². The summed E-state index contributed by atoms with van der Waals surface area (Å²) in [6.07, 6.45) is 5.30. The molecule has 9 heteroatoms. The Morgan fingerprint density at radius 3 is 2.46 bits per heavy atom. The van der Waals surface area contributed by atoms with Crippen molar-refractivity contribution in [2.75, 3.05) is 26.2 Å². The molecular weight excluding hydrogens is 385 g/mol. The minimum absolute atomic E-state index is 0. The second-order valence-corrected chi connectivity index (χ2v) is 7.13. The van der Waals surface area contributed by atoms with Crippen molar-refractivity contribution in [3.05, 3.63) is 42.0 Å². The zero-order valence-corrected chi connectivity index (χ0v) is 16.4. The second-order valence-electron chi connectivity index (χ2n) is 7.13. The lowest BCUT2D eigenvalue weighted by molar-refractivity contribution is 0.0590. The van der Waals surface area contributed by atoms with E-state index in [4.69, 9.17) is 4.74 Å². The summed E-state index contributed by atoms with van der Waals surface area (Å²) in [4.78, 5) is 14.5. The van der Waals surface area contributed by atoms with Gasteiger partial charge in [0.1, 0.15) is 17.7 Å². The lowest BCUT2D eigenvalue weighted by Gasteiger charge is -2.31. The maximum atomic E-state index is 13.0. The van der Waals surface area contributed by atoms with Gasteiger partial charge < -0.3 is 15.0 Å². The minimum atomic E-state index is -0.277. The van der Waals surface area contributed by atoms with Crippen LogP contribution >= 0.6 is 12.4 Å². The van der Waals surface area contributed by atoms with Gasteiger partial charge in [-0.15, -0.1) is 17.5 Å². The van der Waals surface area contributed by atoms with E-state index in [0.717, 1.165) is 38.8 Å². The summed E-state index contributed by atoms with van der Waals surface area (Å²) in [6.45, 7) is 3.17. The molecule has 0 radical (unpaired) electrons. The highest BCUT2D eigenvalue weighted by Crippen LogP contribution is 2.21. The maximum absolute atomic E-state index is 13.0. The number of carbonyl (C=O) groups excluding carboxylic acids is 1. The molecule has 1 aromatic heterocycles. The normalized spacial score (nSPS) is 18.5. The Morgan fingerprint density at radius 1 is 1.11 bits per heavy atom. The van der Waals surface area contributed by atoms with Crippen molar-refractivity contribution in [1.29, 1.82) is 0 Å². The summed E-state index contributed by atoms with van der Waals surface area (Å²) in [7, 11) is 0. The van der Waals surface area contributed by atoms with Crippen molar-refractivity contribution in [1.82, 2.24) is 25.2 Å². The molecule has 0 atom stereocenters.